The molecule has 0 saturated carbocycles. The van der Waals surface area contributed by atoms with Gasteiger partial charge in [-0.05, 0) is 95.4 Å². The SMILES string of the molecule is CC(I)C(=O)Oc1ccc(C(C)(CCC(=O)OC(C)(C)C2CCNCC2)c2ccc(OC(=O)C(C)I)cc2)cc1. The van der Waals surface area contributed by atoms with Crippen molar-refractivity contribution >= 4 is 63.1 Å². The molecule has 0 radical (unpaired) electrons. The predicted molar refractivity (Wildman–Crippen MR) is 173 cm³/mol. The van der Waals surface area contributed by atoms with Crippen LogP contribution in [-0.4, -0.2) is 44.4 Å². The fourth-order valence-corrected chi connectivity index (χ4v) is 5.18. The zero-order valence-electron chi connectivity index (χ0n) is 23.8. The van der Waals surface area contributed by atoms with Crippen molar-refractivity contribution in [3.63, 3.8) is 0 Å². The van der Waals surface area contributed by atoms with E-state index in [2.05, 4.69) is 12.2 Å². The lowest BCUT2D eigenvalue weighted by atomic mass is 9.73. The Morgan fingerprint density at radius 2 is 1.25 bits per heavy atom. The number of esters is 3. The van der Waals surface area contributed by atoms with Crippen LogP contribution >= 0.6 is 45.2 Å². The first-order chi connectivity index (χ1) is 18.8. The fourth-order valence-electron chi connectivity index (χ4n) is 4.93. The van der Waals surface area contributed by atoms with Crippen molar-refractivity contribution in [2.24, 2.45) is 5.92 Å². The second kappa shape index (κ2) is 14.4. The molecule has 40 heavy (non-hydrogen) atoms. The molecule has 1 aliphatic heterocycles. The normalized spacial score (nSPS) is 17.3. The summed E-state index contributed by atoms with van der Waals surface area (Å²) in [4.78, 5) is 37.2. The quantitative estimate of drug-likeness (QED) is 0.120. The molecule has 0 bridgehead atoms. The van der Waals surface area contributed by atoms with Gasteiger partial charge in [-0.25, -0.2) is 0 Å². The summed E-state index contributed by atoms with van der Waals surface area (Å²) in [7, 11) is 0. The molecule has 0 aliphatic carbocycles. The lowest BCUT2D eigenvalue weighted by Crippen LogP contribution is -2.43. The molecule has 2 atom stereocenters. The lowest BCUT2D eigenvalue weighted by Gasteiger charge is -2.37. The molecule has 0 amide bonds. The molecule has 2 unspecified atom stereocenters. The molecule has 7 nitrogen and oxygen atoms in total. The van der Waals surface area contributed by atoms with Crippen LogP contribution < -0.4 is 14.8 Å². The minimum absolute atomic E-state index is 0.224. The van der Waals surface area contributed by atoms with E-state index in [0.717, 1.165) is 37.1 Å². The summed E-state index contributed by atoms with van der Waals surface area (Å²) in [6.45, 7) is 11.5. The van der Waals surface area contributed by atoms with Gasteiger partial charge in [0.15, 0.2) is 0 Å². The lowest BCUT2D eigenvalue weighted by molar-refractivity contribution is -0.163. The third-order valence-electron chi connectivity index (χ3n) is 7.60. The number of rotatable bonds is 11. The molecule has 3 rings (SSSR count). The van der Waals surface area contributed by atoms with Crippen molar-refractivity contribution < 1.29 is 28.6 Å². The second-order valence-electron chi connectivity index (χ2n) is 11.1. The van der Waals surface area contributed by atoms with E-state index in [1.165, 1.54) is 0 Å². The summed E-state index contributed by atoms with van der Waals surface area (Å²) in [5.74, 6) is 0.432. The maximum absolute atomic E-state index is 13.1. The average Bonchev–Trinajstić information content (AvgIpc) is 2.92. The van der Waals surface area contributed by atoms with Gasteiger partial charge in [-0.15, -0.1) is 0 Å². The highest BCUT2D eigenvalue weighted by atomic mass is 127. The summed E-state index contributed by atoms with van der Waals surface area (Å²) in [6, 6.07) is 14.8. The van der Waals surface area contributed by atoms with Gasteiger partial charge in [0.05, 0.1) is 0 Å². The zero-order chi connectivity index (χ0) is 29.5. The van der Waals surface area contributed by atoms with E-state index >= 15 is 0 Å². The van der Waals surface area contributed by atoms with Crippen LogP contribution in [0.5, 0.6) is 11.5 Å². The number of carbonyl (C=O) groups is 3. The Hall–Kier alpha value is -1.73. The first kappa shape index (κ1) is 32.8. The molecule has 0 spiro atoms. The Morgan fingerprint density at radius 3 is 1.65 bits per heavy atom. The van der Waals surface area contributed by atoms with E-state index in [4.69, 9.17) is 14.2 Å². The monoisotopic (exact) mass is 775 g/mol. The Balaban J connectivity index is 1.82. The predicted octanol–water partition coefficient (Wildman–Crippen LogP) is 6.55. The summed E-state index contributed by atoms with van der Waals surface area (Å²) in [5, 5.41) is 3.36. The van der Waals surface area contributed by atoms with Crippen molar-refractivity contribution in [2.75, 3.05) is 13.1 Å². The smallest absolute Gasteiger partial charge is 0.323 e. The number of ether oxygens (including phenoxy) is 3. The van der Waals surface area contributed by atoms with E-state index in [0.29, 0.717) is 23.8 Å². The molecule has 0 aromatic heterocycles. The number of alkyl halides is 2. The van der Waals surface area contributed by atoms with Crippen molar-refractivity contribution in [3.8, 4) is 11.5 Å². The maximum Gasteiger partial charge on any atom is 0.323 e. The molecule has 218 valence electrons. The molecule has 2 aromatic rings. The molecule has 1 fully saturated rings. The summed E-state index contributed by atoms with van der Waals surface area (Å²) in [5.41, 5.74) is 0.839. The average molecular weight is 775 g/mol. The summed E-state index contributed by atoms with van der Waals surface area (Å²) >= 11 is 4.05. The van der Waals surface area contributed by atoms with Crippen LogP contribution in [0.25, 0.3) is 0 Å². The van der Waals surface area contributed by atoms with Gasteiger partial charge in [-0.2, -0.15) is 0 Å². The van der Waals surface area contributed by atoms with Gasteiger partial charge in [0.1, 0.15) is 24.9 Å². The largest absolute Gasteiger partial charge is 0.459 e. The van der Waals surface area contributed by atoms with Gasteiger partial charge >= 0.3 is 17.9 Å². The Morgan fingerprint density at radius 1 is 0.825 bits per heavy atom. The standard InChI is InChI=1S/C31H39I2NO6/c1-20(32)28(36)38-25-10-6-23(7-11-25)31(5,24-8-12-26(13-9-24)39-29(37)21(2)33)17-14-27(35)40-30(3,4)22-15-18-34-19-16-22/h6-13,20-22,34H,14-19H2,1-5H3. The van der Waals surface area contributed by atoms with Crippen LogP contribution in [0, 0.1) is 5.92 Å². The molecular weight excluding hydrogens is 736 g/mol. The van der Waals surface area contributed by atoms with Crippen LogP contribution in [0.1, 0.15) is 71.4 Å². The number of benzene rings is 2. The Labute approximate surface area is 264 Å². The summed E-state index contributed by atoms with van der Waals surface area (Å²) in [6.07, 6.45) is 2.70. The van der Waals surface area contributed by atoms with Crippen molar-refractivity contribution in [1.29, 1.82) is 0 Å². The fraction of sp³-hybridized carbons (Fsp3) is 0.516. The highest BCUT2D eigenvalue weighted by Gasteiger charge is 2.36. The van der Waals surface area contributed by atoms with Gasteiger partial charge in [-0.3, -0.25) is 14.4 Å². The van der Waals surface area contributed by atoms with Crippen molar-refractivity contribution in [2.45, 2.75) is 79.2 Å². The van der Waals surface area contributed by atoms with Crippen molar-refractivity contribution in [1.82, 2.24) is 5.32 Å². The maximum atomic E-state index is 13.1. The van der Waals surface area contributed by atoms with E-state index in [1.807, 2.05) is 83.3 Å². The van der Waals surface area contributed by atoms with Gasteiger partial charge in [0.2, 0.25) is 0 Å². The number of hydrogen-bond acceptors (Lipinski definition) is 7. The third kappa shape index (κ3) is 8.88. The Bertz CT molecular complexity index is 1090. The highest BCUT2D eigenvalue weighted by Crippen LogP contribution is 2.39. The number of piperidine rings is 1. The van der Waals surface area contributed by atoms with E-state index < -0.39 is 11.0 Å². The molecule has 1 heterocycles. The van der Waals surface area contributed by atoms with E-state index in [-0.39, 0.29) is 32.2 Å². The van der Waals surface area contributed by atoms with Crippen LogP contribution in [0.2, 0.25) is 0 Å². The van der Waals surface area contributed by atoms with Gasteiger partial charge in [0, 0.05) is 17.8 Å². The minimum atomic E-state index is -0.559. The first-order valence-corrected chi connectivity index (χ1v) is 16.2. The van der Waals surface area contributed by atoms with Crippen LogP contribution in [-0.2, 0) is 24.5 Å². The van der Waals surface area contributed by atoms with E-state index in [9.17, 15) is 14.4 Å². The highest BCUT2D eigenvalue weighted by molar-refractivity contribution is 14.1. The van der Waals surface area contributed by atoms with Gasteiger partial charge in [0.25, 0.3) is 0 Å². The van der Waals surface area contributed by atoms with Crippen LogP contribution in [0.4, 0.5) is 0 Å². The number of nitrogens with one attached hydrogen (secondary N) is 1. The molecule has 1 aliphatic rings. The summed E-state index contributed by atoms with van der Waals surface area (Å²) < 4.78 is 16.4. The first-order valence-electron chi connectivity index (χ1n) is 13.7. The molecule has 2 aromatic carbocycles. The molecule has 1 saturated heterocycles. The number of hydrogen-bond donors (Lipinski definition) is 1. The van der Waals surface area contributed by atoms with Gasteiger partial charge < -0.3 is 19.5 Å². The topological polar surface area (TPSA) is 90.9 Å². The van der Waals surface area contributed by atoms with E-state index in [1.54, 1.807) is 38.1 Å². The molecule has 9 heteroatoms. The Kier molecular flexibility index (Phi) is 11.8. The number of halogens is 2. The zero-order valence-corrected chi connectivity index (χ0v) is 28.1. The van der Waals surface area contributed by atoms with Crippen LogP contribution in [0.15, 0.2) is 48.5 Å². The third-order valence-corrected chi connectivity index (χ3v) is 8.61. The second-order valence-corrected chi connectivity index (χ2v) is 14.8. The minimum Gasteiger partial charge on any atom is -0.459 e. The van der Waals surface area contributed by atoms with Crippen LogP contribution in [0.3, 0.4) is 0 Å². The van der Waals surface area contributed by atoms with Gasteiger partial charge in [-0.1, -0.05) is 76.4 Å². The van der Waals surface area contributed by atoms with Crippen molar-refractivity contribution in [3.05, 3.63) is 59.7 Å². The number of carbonyl (C=O) groups excluding carboxylic acids is 3. The molecular formula is C31H39I2NO6. The molecule has 1 N–H and O–H groups in total.